The highest BCUT2D eigenvalue weighted by atomic mass is 16.3. The first-order valence-electron chi connectivity index (χ1n) is 8.44. The number of carbonyl (C=O) groups is 1. The van der Waals surface area contributed by atoms with Crippen molar-refractivity contribution in [2.75, 3.05) is 31.1 Å². The summed E-state index contributed by atoms with van der Waals surface area (Å²) in [5.74, 6) is -0.0374. The number of aliphatic hydroxyl groups is 1. The normalized spacial score (nSPS) is 15.5. The van der Waals surface area contributed by atoms with Crippen molar-refractivity contribution in [3.63, 3.8) is 0 Å². The molecule has 1 amide bonds. The lowest BCUT2D eigenvalue weighted by molar-refractivity contribution is -0.133. The number of carbonyl (C=O) groups excluding carboxylic acids is 1. The van der Waals surface area contributed by atoms with Gasteiger partial charge in [-0.25, -0.2) is 0 Å². The van der Waals surface area contributed by atoms with Gasteiger partial charge in [0, 0.05) is 26.2 Å². The molecule has 5 heteroatoms. The van der Waals surface area contributed by atoms with E-state index >= 15 is 0 Å². The van der Waals surface area contributed by atoms with Crippen LogP contribution in [0, 0.1) is 11.3 Å². The molecule has 2 aromatic rings. The molecule has 1 saturated heterocycles. The number of nitriles is 1. The van der Waals surface area contributed by atoms with Gasteiger partial charge in [0.15, 0.2) is 0 Å². The van der Waals surface area contributed by atoms with Crippen molar-refractivity contribution < 1.29 is 9.90 Å². The van der Waals surface area contributed by atoms with Crippen LogP contribution in [0.5, 0.6) is 0 Å². The summed E-state index contributed by atoms with van der Waals surface area (Å²) < 4.78 is 0. The Morgan fingerprint density at radius 2 is 1.68 bits per heavy atom. The maximum Gasteiger partial charge on any atom is 0.225 e. The molecule has 1 heterocycles. The van der Waals surface area contributed by atoms with Gasteiger partial charge in [-0.2, -0.15) is 5.26 Å². The van der Waals surface area contributed by atoms with E-state index in [1.807, 2.05) is 54.6 Å². The average Bonchev–Trinajstić information content (AvgIpc) is 2.68. The van der Waals surface area contributed by atoms with Crippen LogP contribution in [-0.4, -0.2) is 42.1 Å². The molecule has 128 valence electrons. The standard InChI is InChI=1S/C20H21N3O2/c21-15-17-8-4-5-9-18(17)22-10-12-23(13-11-22)20(25)14-19(24)16-6-2-1-3-7-16/h1-9,19,24H,10-14H2. The lowest BCUT2D eigenvalue weighted by Gasteiger charge is -2.36. The van der Waals surface area contributed by atoms with Crippen molar-refractivity contribution >= 4 is 11.6 Å². The van der Waals surface area contributed by atoms with Gasteiger partial charge in [-0.3, -0.25) is 4.79 Å². The molecule has 1 N–H and O–H groups in total. The molecule has 0 aromatic heterocycles. The van der Waals surface area contributed by atoms with Crippen molar-refractivity contribution in [1.29, 1.82) is 5.26 Å². The number of rotatable bonds is 4. The molecular formula is C20H21N3O2. The maximum absolute atomic E-state index is 12.4. The van der Waals surface area contributed by atoms with Crippen LogP contribution in [0.25, 0.3) is 0 Å². The van der Waals surface area contributed by atoms with Crippen molar-refractivity contribution in [2.45, 2.75) is 12.5 Å². The zero-order chi connectivity index (χ0) is 17.6. The Kier molecular flexibility index (Phi) is 5.32. The summed E-state index contributed by atoms with van der Waals surface area (Å²) in [5, 5.41) is 19.5. The molecule has 5 nitrogen and oxygen atoms in total. The summed E-state index contributed by atoms with van der Waals surface area (Å²) in [6.45, 7) is 2.57. The highest BCUT2D eigenvalue weighted by Crippen LogP contribution is 2.22. The van der Waals surface area contributed by atoms with Crippen molar-refractivity contribution in [3.8, 4) is 6.07 Å². The second-order valence-corrected chi connectivity index (χ2v) is 6.13. The molecule has 3 rings (SSSR count). The molecule has 25 heavy (non-hydrogen) atoms. The number of hydrogen-bond donors (Lipinski definition) is 1. The van der Waals surface area contributed by atoms with Gasteiger partial charge in [0.05, 0.1) is 23.8 Å². The van der Waals surface area contributed by atoms with Gasteiger partial charge in [-0.1, -0.05) is 42.5 Å². The molecular weight excluding hydrogens is 314 g/mol. The number of amides is 1. The van der Waals surface area contributed by atoms with Crippen molar-refractivity contribution in [1.82, 2.24) is 4.90 Å². The van der Waals surface area contributed by atoms with Gasteiger partial charge in [0.25, 0.3) is 0 Å². The molecule has 0 spiro atoms. The topological polar surface area (TPSA) is 67.6 Å². The monoisotopic (exact) mass is 335 g/mol. The molecule has 0 aliphatic carbocycles. The Labute approximate surface area is 147 Å². The molecule has 1 atom stereocenters. The molecule has 1 fully saturated rings. The Hall–Kier alpha value is -2.84. The first kappa shape index (κ1) is 17.0. The summed E-state index contributed by atoms with van der Waals surface area (Å²) in [5.41, 5.74) is 2.33. The zero-order valence-corrected chi connectivity index (χ0v) is 14.0. The van der Waals surface area contributed by atoms with E-state index in [2.05, 4.69) is 11.0 Å². The van der Waals surface area contributed by atoms with Gasteiger partial charge in [0.2, 0.25) is 5.91 Å². The van der Waals surface area contributed by atoms with Crippen LogP contribution in [0.1, 0.15) is 23.7 Å². The van der Waals surface area contributed by atoms with E-state index in [9.17, 15) is 15.2 Å². The molecule has 0 saturated carbocycles. The smallest absolute Gasteiger partial charge is 0.225 e. The lowest BCUT2D eigenvalue weighted by atomic mass is 10.1. The summed E-state index contributed by atoms with van der Waals surface area (Å²) in [6.07, 6.45) is -0.676. The molecule has 1 unspecified atom stereocenters. The van der Waals surface area contributed by atoms with Crippen LogP contribution in [0.4, 0.5) is 5.69 Å². The fourth-order valence-corrected chi connectivity index (χ4v) is 3.13. The highest BCUT2D eigenvalue weighted by molar-refractivity contribution is 5.77. The minimum absolute atomic E-state index is 0.0374. The number of benzene rings is 2. The van der Waals surface area contributed by atoms with Crippen molar-refractivity contribution in [2.24, 2.45) is 0 Å². The number of piperazine rings is 1. The molecule has 1 aliphatic heterocycles. The van der Waals surface area contributed by atoms with E-state index in [-0.39, 0.29) is 12.3 Å². The maximum atomic E-state index is 12.4. The highest BCUT2D eigenvalue weighted by Gasteiger charge is 2.24. The van der Waals surface area contributed by atoms with Crippen LogP contribution < -0.4 is 4.90 Å². The molecule has 1 aliphatic rings. The Balaban J connectivity index is 1.57. The number of aliphatic hydroxyl groups excluding tert-OH is 1. The van der Waals surface area contributed by atoms with Crippen LogP contribution in [0.2, 0.25) is 0 Å². The second kappa shape index (κ2) is 7.82. The SMILES string of the molecule is N#Cc1ccccc1N1CCN(C(=O)CC(O)c2ccccc2)CC1. The number of anilines is 1. The fraction of sp³-hybridized carbons (Fsp3) is 0.300. The second-order valence-electron chi connectivity index (χ2n) is 6.13. The summed E-state index contributed by atoms with van der Waals surface area (Å²) in [4.78, 5) is 16.4. The van der Waals surface area contributed by atoms with E-state index in [4.69, 9.17) is 0 Å². The van der Waals surface area contributed by atoms with Crippen LogP contribution in [-0.2, 0) is 4.79 Å². The largest absolute Gasteiger partial charge is 0.388 e. The van der Waals surface area contributed by atoms with Gasteiger partial charge < -0.3 is 14.9 Å². The first-order chi connectivity index (χ1) is 12.2. The zero-order valence-electron chi connectivity index (χ0n) is 14.0. The van der Waals surface area contributed by atoms with Crippen LogP contribution >= 0.6 is 0 Å². The average molecular weight is 335 g/mol. The van der Waals surface area contributed by atoms with Gasteiger partial charge in [-0.15, -0.1) is 0 Å². The van der Waals surface area contributed by atoms with E-state index in [0.717, 1.165) is 11.3 Å². The summed E-state index contributed by atoms with van der Waals surface area (Å²) in [7, 11) is 0. The Morgan fingerprint density at radius 1 is 1.04 bits per heavy atom. The van der Waals surface area contributed by atoms with E-state index in [1.165, 1.54) is 0 Å². The van der Waals surface area contributed by atoms with E-state index in [1.54, 1.807) is 4.90 Å². The van der Waals surface area contributed by atoms with E-state index in [0.29, 0.717) is 31.7 Å². The third kappa shape index (κ3) is 3.98. The minimum atomic E-state index is -0.772. The van der Waals surface area contributed by atoms with Gasteiger partial charge in [-0.05, 0) is 17.7 Å². The van der Waals surface area contributed by atoms with Gasteiger partial charge >= 0.3 is 0 Å². The quantitative estimate of drug-likeness (QED) is 0.931. The lowest BCUT2D eigenvalue weighted by Crippen LogP contribution is -2.49. The number of nitrogens with zero attached hydrogens (tertiary/aromatic N) is 3. The number of para-hydroxylation sites is 1. The first-order valence-corrected chi connectivity index (χ1v) is 8.44. The molecule has 0 radical (unpaired) electrons. The summed E-state index contributed by atoms with van der Waals surface area (Å²) in [6, 6.07) is 19.0. The van der Waals surface area contributed by atoms with Crippen LogP contribution in [0.15, 0.2) is 54.6 Å². The fourth-order valence-electron chi connectivity index (χ4n) is 3.13. The predicted molar refractivity (Wildman–Crippen MR) is 96.0 cm³/mol. The van der Waals surface area contributed by atoms with E-state index < -0.39 is 6.10 Å². The Bertz CT molecular complexity index is 762. The van der Waals surface area contributed by atoms with Crippen LogP contribution in [0.3, 0.4) is 0 Å². The third-order valence-corrected chi connectivity index (χ3v) is 4.55. The number of hydrogen-bond acceptors (Lipinski definition) is 4. The Morgan fingerprint density at radius 3 is 2.36 bits per heavy atom. The molecule has 0 bridgehead atoms. The predicted octanol–water partition coefficient (Wildman–Crippen LogP) is 2.33. The molecule has 2 aromatic carbocycles. The summed E-state index contributed by atoms with van der Waals surface area (Å²) >= 11 is 0. The third-order valence-electron chi connectivity index (χ3n) is 4.55. The van der Waals surface area contributed by atoms with Crippen molar-refractivity contribution in [3.05, 3.63) is 65.7 Å². The minimum Gasteiger partial charge on any atom is -0.388 e. The van der Waals surface area contributed by atoms with Gasteiger partial charge in [0.1, 0.15) is 6.07 Å².